The lowest BCUT2D eigenvalue weighted by molar-refractivity contribution is -0.126. The first kappa shape index (κ1) is 14.1. The SMILES string of the molecule is Cc1ccc(C=CC(=O)N2CCc3sccc3C2)c(C)c1. The molecule has 2 heterocycles. The molecule has 0 bridgehead atoms. The zero-order valence-corrected chi connectivity index (χ0v) is 13.2. The van der Waals surface area contributed by atoms with E-state index >= 15 is 0 Å². The second-order valence-corrected chi connectivity index (χ2v) is 6.57. The van der Waals surface area contributed by atoms with Crippen LogP contribution in [-0.4, -0.2) is 17.4 Å². The summed E-state index contributed by atoms with van der Waals surface area (Å²) in [5.74, 6) is 0.104. The van der Waals surface area contributed by atoms with Gasteiger partial charge in [0.1, 0.15) is 0 Å². The molecular weight excluding hydrogens is 278 g/mol. The van der Waals surface area contributed by atoms with Crippen LogP contribution in [0.3, 0.4) is 0 Å². The number of thiophene rings is 1. The number of fused-ring (bicyclic) bond motifs is 1. The molecule has 1 aromatic carbocycles. The van der Waals surface area contributed by atoms with Crippen LogP contribution >= 0.6 is 11.3 Å². The van der Waals surface area contributed by atoms with Crippen LogP contribution in [0.5, 0.6) is 0 Å². The third kappa shape index (κ3) is 3.08. The van der Waals surface area contributed by atoms with E-state index in [4.69, 9.17) is 0 Å². The van der Waals surface area contributed by atoms with Gasteiger partial charge in [0.2, 0.25) is 5.91 Å². The Morgan fingerprint density at radius 1 is 1.29 bits per heavy atom. The van der Waals surface area contributed by atoms with Crippen molar-refractivity contribution in [1.29, 1.82) is 0 Å². The van der Waals surface area contributed by atoms with E-state index in [-0.39, 0.29) is 5.91 Å². The van der Waals surface area contributed by atoms with Crippen LogP contribution in [0.4, 0.5) is 0 Å². The van der Waals surface area contributed by atoms with Gasteiger partial charge in [0.15, 0.2) is 0 Å². The Morgan fingerprint density at radius 3 is 2.95 bits per heavy atom. The normalized spacial score (nSPS) is 14.5. The summed E-state index contributed by atoms with van der Waals surface area (Å²) in [6.07, 6.45) is 4.62. The standard InChI is InChI=1S/C18H19NOS/c1-13-3-4-15(14(2)11-13)5-6-18(20)19-9-7-17-16(12-19)8-10-21-17/h3-6,8,10-11H,7,9,12H2,1-2H3. The molecule has 108 valence electrons. The molecule has 0 radical (unpaired) electrons. The maximum atomic E-state index is 12.3. The van der Waals surface area contributed by atoms with Gasteiger partial charge >= 0.3 is 0 Å². The number of hydrogen-bond donors (Lipinski definition) is 0. The quantitative estimate of drug-likeness (QED) is 0.768. The average Bonchev–Trinajstić information content (AvgIpc) is 2.93. The van der Waals surface area contributed by atoms with Crippen molar-refractivity contribution < 1.29 is 4.79 Å². The maximum Gasteiger partial charge on any atom is 0.246 e. The minimum Gasteiger partial charge on any atom is -0.334 e. The lowest BCUT2D eigenvalue weighted by Gasteiger charge is -2.25. The van der Waals surface area contributed by atoms with Gasteiger partial charge in [-0.15, -0.1) is 11.3 Å². The van der Waals surface area contributed by atoms with Crippen molar-refractivity contribution in [3.05, 3.63) is 62.9 Å². The number of nitrogens with zero attached hydrogens (tertiary/aromatic N) is 1. The molecule has 2 aromatic rings. The fourth-order valence-corrected chi connectivity index (χ4v) is 3.61. The van der Waals surface area contributed by atoms with Gasteiger partial charge in [0, 0.05) is 24.0 Å². The minimum atomic E-state index is 0.104. The molecular formula is C18H19NOS. The number of aryl methyl sites for hydroxylation is 2. The summed E-state index contributed by atoms with van der Waals surface area (Å²) in [5, 5.41) is 2.12. The number of amides is 1. The summed E-state index contributed by atoms with van der Waals surface area (Å²) in [6.45, 7) is 5.73. The summed E-state index contributed by atoms with van der Waals surface area (Å²) < 4.78 is 0. The summed E-state index contributed by atoms with van der Waals surface area (Å²) in [5.41, 5.74) is 4.87. The van der Waals surface area contributed by atoms with Gasteiger partial charge < -0.3 is 4.90 Å². The molecule has 0 N–H and O–H groups in total. The number of hydrogen-bond acceptors (Lipinski definition) is 2. The van der Waals surface area contributed by atoms with E-state index in [9.17, 15) is 4.79 Å². The highest BCUT2D eigenvalue weighted by molar-refractivity contribution is 7.10. The number of benzene rings is 1. The zero-order chi connectivity index (χ0) is 14.8. The van der Waals surface area contributed by atoms with Crippen LogP contribution in [0.25, 0.3) is 6.08 Å². The van der Waals surface area contributed by atoms with Gasteiger partial charge in [0.25, 0.3) is 0 Å². The third-order valence-electron chi connectivity index (χ3n) is 3.95. The zero-order valence-electron chi connectivity index (χ0n) is 12.4. The fraction of sp³-hybridized carbons (Fsp3) is 0.278. The topological polar surface area (TPSA) is 20.3 Å². The predicted molar refractivity (Wildman–Crippen MR) is 88.4 cm³/mol. The van der Waals surface area contributed by atoms with Crippen molar-refractivity contribution in [2.75, 3.05) is 6.54 Å². The van der Waals surface area contributed by atoms with E-state index in [1.807, 2.05) is 11.0 Å². The average molecular weight is 297 g/mol. The predicted octanol–water partition coefficient (Wildman–Crippen LogP) is 3.96. The molecule has 0 atom stereocenters. The molecule has 0 aliphatic carbocycles. The van der Waals surface area contributed by atoms with Gasteiger partial charge in [-0.3, -0.25) is 4.79 Å². The van der Waals surface area contributed by atoms with Crippen molar-refractivity contribution in [2.24, 2.45) is 0 Å². The Hall–Kier alpha value is -1.87. The molecule has 0 spiro atoms. The molecule has 1 amide bonds. The number of rotatable bonds is 2. The second kappa shape index (κ2) is 5.86. The van der Waals surface area contributed by atoms with Gasteiger partial charge in [0.05, 0.1) is 0 Å². The molecule has 0 fully saturated rings. The van der Waals surface area contributed by atoms with Crippen LogP contribution in [0, 0.1) is 13.8 Å². The molecule has 0 unspecified atom stereocenters. The summed E-state index contributed by atoms with van der Waals surface area (Å²) >= 11 is 1.80. The first-order valence-corrected chi connectivity index (χ1v) is 8.11. The first-order chi connectivity index (χ1) is 10.1. The van der Waals surface area contributed by atoms with Gasteiger partial charge in [-0.1, -0.05) is 23.8 Å². The number of carbonyl (C=O) groups excluding carboxylic acids is 1. The van der Waals surface area contributed by atoms with E-state index in [0.717, 1.165) is 25.1 Å². The van der Waals surface area contributed by atoms with Crippen LogP contribution in [0.1, 0.15) is 27.1 Å². The van der Waals surface area contributed by atoms with Crippen LogP contribution in [0.15, 0.2) is 35.7 Å². The Morgan fingerprint density at radius 2 is 2.14 bits per heavy atom. The highest BCUT2D eigenvalue weighted by atomic mass is 32.1. The largest absolute Gasteiger partial charge is 0.334 e. The Kier molecular flexibility index (Phi) is 3.93. The summed E-state index contributed by atoms with van der Waals surface area (Å²) in [6, 6.07) is 8.42. The Bertz CT molecular complexity index is 699. The lowest BCUT2D eigenvalue weighted by atomic mass is 10.1. The fourth-order valence-electron chi connectivity index (χ4n) is 2.72. The molecule has 3 heteroatoms. The minimum absolute atomic E-state index is 0.104. The molecule has 3 rings (SSSR count). The summed E-state index contributed by atoms with van der Waals surface area (Å²) in [7, 11) is 0. The third-order valence-corrected chi connectivity index (χ3v) is 4.97. The molecule has 1 aliphatic heterocycles. The van der Waals surface area contributed by atoms with E-state index in [1.54, 1.807) is 17.4 Å². The van der Waals surface area contributed by atoms with Crippen molar-refractivity contribution in [1.82, 2.24) is 4.90 Å². The van der Waals surface area contributed by atoms with Crippen LogP contribution < -0.4 is 0 Å². The lowest BCUT2D eigenvalue weighted by Crippen LogP contribution is -2.34. The number of carbonyl (C=O) groups is 1. The van der Waals surface area contributed by atoms with Gasteiger partial charge in [-0.25, -0.2) is 0 Å². The second-order valence-electron chi connectivity index (χ2n) is 5.57. The van der Waals surface area contributed by atoms with Gasteiger partial charge in [-0.2, -0.15) is 0 Å². The molecule has 0 saturated carbocycles. The van der Waals surface area contributed by atoms with Crippen LogP contribution in [0.2, 0.25) is 0 Å². The van der Waals surface area contributed by atoms with Crippen molar-refractivity contribution in [3.63, 3.8) is 0 Å². The van der Waals surface area contributed by atoms with Crippen molar-refractivity contribution in [3.8, 4) is 0 Å². The smallest absolute Gasteiger partial charge is 0.246 e. The molecule has 0 saturated heterocycles. The highest BCUT2D eigenvalue weighted by Crippen LogP contribution is 2.24. The summed E-state index contributed by atoms with van der Waals surface area (Å²) in [4.78, 5) is 15.7. The highest BCUT2D eigenvalue weighted by Gasteiger charge is 2.19. The molecule has 1 aliphatic rings. The Labute approximate surface area is 129 Å². The van der Waals surface area contributed by atoms with E-state index in [2.05, 4.69) is 43.5 Å². The molecule has 21 heavy (non-hydrogen) atoms. The molecule has 2 nitrogen and oxygen atoms in total. The van der Waals surface area contributed by atoms with E-state index < -0.39 is 0 Å². The Balaban J connectivity index is 1.70. The monoisotopic (exact) mass is 297 g/mol. The van der Waals surface area contributed by atoms with Crippen LogP contribution in [-0.2, 0) is 17.8 Å². The van der Waals surface area contributed by atoms with E-state index in [0.29, 0.717) is 0 Å². The first-order valence-electron chi connectivity index (χ1n) is 7.23. The van der Waals surface area contributed by atoms with Crippen molar-refractivity contribution >= 4 is 23.3 Å². The van der Waals surface area contributed by atoms with E-state index in [1.165, 1.54) is 21.6 Å². The molecule has 1 aromatic heterocycles. The maximum absolute atomic E-state index is 12.3. The van der Waals surface area contributed by atoms with Gasteiger partial charge in [-0.05, 0) is 54.5 Å². The van der Waals surface area contributed by atoms with Crippen molar-refractivity contribution in [2.45, 2.75) is 26.8 Å².